The van der Waals surface area contributed by atoms with Gasteiger partial charge in [-0.25, -0.2) is 4.79 Å². The monoisotopic (exact) mass is 510 g/mol. The number of para-hydroxylation sites is 2. The summed E-state index contributed by atoms with van der Waals surface area (Å²) in [6, 6.07) is 26.6. The number of rotatable bonds is 5. The first-order valence-electron chi connectivity index (χ1n) is 12.5. The Morgan fingerprint density at radius 3 is 2.49 bits per heavy atom. The van der Waals surface area contributed by atoms with Gasteiger partial charge in [-0.1, -0.05) is 48.0 Å². The SMILES string of the molecule is Cc1cccc(NC(=O)N(CC(=O)N2c3ccccc3-n3cccc3C2c2cccc(Cl)c2)C2CC2)c1. The van der Waals surface area contributed by atoms with Gasteiger partial charge in [-0.05, 0) is 79.4 Å². The predicted octanol–water partition coefficient (Wildman–Crippen LogP) is 6.57. The Morgan fingerprint density at radius 2 is 1.73 bits per heavy atom. The number of carbonyl (C=O) groups is 2. The number of fused-ring (bicyclic) bond motifs is 3. The first-order chi connectivity index (χ1) is 18.0. The Morgan fingerprint density at radius 1 is 0.946 bits per heavy atom. The van der Waals surface area contributed by atoms with Crippen LogP contribution in [0, 0.1) is 6.92 Å². The minimum absolute atomic E-state index is 0.0194. The first-order valence-corrected chi connectivity index (χ1v) is 12.9. The van der Waals surface area contributed by atoms with Gasteiger partial charge >= 0.3 is 6.03 Å². The normalized spacial score (nSPS) is 16.1. The van der Waals surface area contributed by atoms with Crippen LogP contribution >= 0.6 is 11.6 Å². The maximum absolute atomic E-state index is 14.2. The number of aryl methyl sites for hydroxylation is 1. The standard InChI is InChI=1S/C30H27ClN4O2/c1-20-7-4-10-23(17-20)32-30(37)34(24-14-15-24)19-28(36)35-26-12-3-2-11-25(26)33-16-6-13-27(33)29(35)21-8-5-9-22(31)18-21/h2-13,16-18,24,29H,14-15,19H2,1H3,(H,32,37). The molecule has 1 aliphatic heterocycles. The Bertz CT molecular complexity index is 1490. The van der Waals surface area contributed by atoms with Crippen molar-refractivity contribution < 1.29 is 9.59 Å². The van der Waals surface area contributed by atoms with Gasteiger partial charge in [-0.2, -0.15) is 0 Å². The van der Waals surface area contributed by atoms with E-state index in [1.165, 1.54) is 0 Å². The fourth-order valence-corrected chi connectivity index (χ4v) is 5.35. The molecule has 2 heterocycles. The van der Waals surface area contributed by atoms with Crippen LogP contribution in [0.1, 0.15) is 35.7 Å². The quantitative estimate of drug-likeness (QED) is 0.330. The number of carbonyl (C=O) groups excluding carboxylic acids is 2. The van der Waals surface area contributed by atoms with Crippen molar-refractivity contribution >= 4 is 34.9 Å². The van der Waals surface area contributed by atoms with Crippen molar-refractivity contribution in [3.8, 4) is 5.69 Å². The number of hydrogen-bond donors (Lipinski definition) is 1. The van der Waals surface area contributed by atoms with Gasteiger partial charge in [0.15, 0.2) is 0 Å². The zero-order valence-electron chi connectivity index (χ0n) is 20.5. The highest BCUT2D eigenvalue weighted by Crippen LogP contribution is 2.43. The predicted molar refractivity (Wildman–Crippen MR) is 146 cm³/mol. The summed E-state index contributed by atoms with van der Waals surface area (Å²) < 4.78 is 2.12. The van der Waals surface area contributed by atoms with Crippen LogP contribution in [-0.4, -0.2) is 34.0 Å². The molecule has 7 heteroatoms. The Labute approximate surface area is 221 Å². The summed E-state index contributed by atoms with van der Waals surface area (Å²) in [6.45, 7) is 1.96. The molecule has 0 spiro atoms. The summed E-state index contributed by atoms with van der Waals surface area (Å²) in [6.07, 6.45) is 3.80. The third kappa shape index (κ3) is 4.49. The molecule has 3 aromatic carbocycles. The molecule has 4 aromatic rings. The average molecular weight is 511 g/mol. The maximum Gasteiger partial charge on any atom is 0.322 e. The van der Waals surface area contributed by atoms with Crippen LogP contribution in [0.3, 0.4) is 0 Å². The molecule has 2 aliphatic rings. The fraction of sp³-hybridized carbons (Fsp3) is 0.200. The Hall–Kier alpha value is -4.03. The van der Waals surface area contributed by atoms with E-state index in [0.717, 1.165) is 46.7 Å². The van der Waals surface area contributed by atoms with Crippen molar-refractivity contribution in [3.05, 3.63) is 113 Å². The minimum atomic E-state index is -0.378. The third-order valence-corrected chi connectivity index (χ3v) is 7.21. The second-order valence-electron chi connectivity index (χ2n) is 9.67. The first kappa shape index (κ1) is 23.4. The summed E-state index contributed by atoms with van der Waals surface area (Å²) in [5, 5.41) is 3.60. The molecule has 186 valence electrons. The van der Waals surface area contributed by atoms with Crippen LogP contribution in [0.25, 0.3) is 5.69 Å². The van der Waals surface area contributed by atoms with Gasteiger partial charge in [0, 0.05) is 22.9 Å². The van der Waals surface area contributed by atoms with Crippen molar-refractivity contribution in [3.63, 3.8) is 0 Å². The van der Waals surface area contributed by atoms with Crippen molar-refractivity contribution in [2.24, 2.45) is 0 Å². The van der Waals surface area contributed by atoms with Gasteiger partial charge in [0.1, 0.15) is 12.6 Å². The molecule has 37 heavy (non-hydrogen) atoms. The lowest BCUT2D eigenvalue weighted by Crippen LogP contribution is -2.48. The zero-order valence-corrected chi connectivity index (χ0v) is 21.2. The molecule has 1 unspecified atom stereocenters. The Balaban J connectivity index is 1.36. The summed E-state index contributed by atoms with van der Waals surface area (Å²) >= 11 is 6.39. The zero-order chi connectivity index (χ0) is 25.5. The third-order valence-electron chi connectivity index (χ3n) is 6.98. The second-order valence-corrected chi connectivity index (χ2v) is 10.1. The van der Waals surface area contributed by atoms with Crippen molar-refractivity contribution in [1.29, 1.82) is 0 Å². The molecule has 0 bridgehead atoms. The van der Waals surface area contributed by atoms with Gasteiger partial charge in [0.05, 0.1) is 17.1 Å². The molecule has 1 aliphatic carbocycles. The molecule has 0 saturated heterocycles. The topological polar surface area (TPSA) is 57.6 Å². The molecule has 0 radical (unpaired) electrons. The average Bonchev–Trinajstić information content (AvgIpc) is 3.61. The maximum atomic E-state index is 14.2. The molecule has 1 fully saturated rings. The Kier molecular flexibility index (Phi) is 5.97. The molecule has 1 saturated carbocycles. The van der Waals surface area contributed by atoms with E-state index in [2.05, 4.69) is 9.88 Å². The molecule has 1 N–H and O–H groups in total. The van der Waals surface area contributed by atoms with Gasteiger partial charge < -0.3 is 14.8 Å². The van der Waals surface area contributed by atoms with Gasteiger partial charge in [-0.3, -0.25) is 9.69 Å². The highest BCUT2D eigenvalue weighted by molar-refractivity contribution is 6.30. The summed E-state index contributed by atoms with van der Waals surface area (Å²) in [5.41, 5.74) is 5.39. The smallest absolute Gasteiger partial charge is 0.316 e. The van der Waals surface area contributed by atoms with Crippen LogP contribution < -0.4 is 10.2 Å². The van der Waals surface area contributed by atoms with Crippen LogP contribution in [-0.2, 0) is 4.79 Å². The molecular weight excluding hydrogens is 484 g/mol. The number of amides is 3. The highest BCUT2D eigenvalue weighted by Gasteiger charge is 2.40. The van der Waals surface area contributed by atoms with Gasteiger partial charge in [0.25, 0.3) is 0 Å². The second kappa shape index (κ2) is 9.45. The van der Waals surface area contributed by atoms with E-state index in [-0.39, 0.29) is 30.6 Å². The van der Waals surface area contributed by atoms with E-state index < -0.39 is 0 Å². The van der Waals surface area contributed by atoms with E-state index in [4.69, 9.17) is 11.6 Å². The highest BCUT2D eigenvalue weighted by atomic mass is 35.5. The molecule has 1 atom stereocenters. The van der Waals surface area contributed by atoms with Crippen LogP contribution in [0.4, 0.5) is 16.2 Å². The lowest BCUT2D eigenvalue weighted by Gasteiger charge is -2.39. The minimum Gasteiger partial charge on any atom is -0.316 e. The number of urea groups is 1. The number of aromatic nitrogens is 1. The summed E-state index contributed by atoms with van der Waals surface area (Å²) in [7, 11) is 0. The van der Waals surface area contributed by atoms with Gasteiger partial charge in [-0.15, -0.1) is 0 Å². The van der Waals surface area contributed by atoms with Crippen LogP contribution in [0.5, 0.6) is 0 Å². The molecule has 6 rings (SSSR count). The fourth-order valence-electron chi connectivity index (χ4n) is 5.15. The molecular formula is C30H27ClN4O2. The van der Waals surface area contributed by atoms with E-state index in [0.29, 0.717) is 5.02 Å². The lowest BCUT2D eigenvalue weighted by atomic mass is 9.97. The number of benzene rings is 3. The summed E-state index contributed by atoms with van der Waals surface area (Å²) in [4.78, 5) is 31.0. The number of anilines is 2. The van der Waals surface area contributed by atoms with Crippen LogP contribution in [0.2, 0.25) is 5.02 Å². The van der Waals surface area contributed by atoms with E-state index >= 15 is 0 Å². The molecule has 3 amide bonds. The van der Waals surface area contributed by atoms with Crippen molar-refractivity contribution in [2.75, 3.05) is 16.8 Å². The van der Waals surface area contributed by atoms with E-state index in [9.17, 15) is 9.59 Å². The number of hydrogen-bond acceptors (Lipinski definition) is 2. The number of halogens is 1. The summed E-state index contributed by atoms with van der Waals surface area (Å²) in [5.74, 6) is -0.142. The number of nitrogens with zero attached hydrogens (tertiary/aromatic N) is 3. The van der Waals surface area contributed by atoms with E-state index in [1.54, 1.807) is 4.90 Å². The van der Waals surface area contributed by atoms with Crippen molar-refractivity contribution in [2.45, 2.75) is 31.8 Å². The largest absolute Gasteiger partial charge is 0.322 e. The van der Waals surface area contributed by atoms with Gasteiger partial charge in [0.2, 0.25) is 5.91 Å². The molecule has 1 aromatic heterocycles. The van der Waals surface area contributed by atoms with Crippen molar-refractivity contribution in [1.82, 2.24) is 9.47 Å². The number of nitrogens with one attached hydrogen (secondary N) is 1. The molecule has 6 nitrogen and oxygen atoms in total. The van der Waals surface area contributed by atoms with E-state index in [1.807, 2.05) is 103 Å². The van der Waals surface area contributed by atoms with Crippen LogP contribution in [0.15, 0.2) is 91.1 Å². The lowest BCUT2D eigenvalue weighted by molar-refractivity contribution is -0.119.